The molecule has 0 fully saturated rings. The van der Waals surface area contributed by atoms with Crippen molar-refractivity contribution in [3.8, 4) is 0 Å². The normalized spacial score (nSPS) is 14.5. The Kier molecular flexibility index (Phi) is 8.75. The van der Waals surface area contributed by atoms with Gasteiger partial charge in [0.15, 0.2) is 4.80 Å². The lowest BCUT2D eigenvalue weighted by atomic mass is 9.97. The standard InChI is InChI=1S/C38H31N3O5S2/c1-3-45-36(43)26-18-16-24(17-19-26)22-40-23-27(28-13-8-9-14-29(28)40)21-31-35(42)41-34(30-15-10-20-47-30)32(37(44)46-4-2)33(39-38(41)48-31)25-11-6-5-7-12-25/h5-21,23,34H,3-4,22H2,1-2H3/b31-21-/t34-/m0/s1. The Hall–Kier alpha value is -5.32. The Bertz CT molecular complexity index is 2350. The van der Waals surface area contributed by atoms with Crippen LogP contribution in [0.3, 0.4) is 0 Å². The summed E-state index contributed by atoms with van der Waals surface area (Å²) < 4.78 is 14.9. The van der Waals surface area contributed by atoms with E-state index in [1.807, 2.05) is 90.4 Å². The zero-order chi connectivity index (χ0) is 33.2. The number of hydrogen-bond donors (Lipinski definition) is 0. The van der Waals surface area contributed by atoms with Crippen LogP contribution in [-0.2, 0) is 20.8 Å². The van der Waals surface area contributed by atoms with E-state index < -0.39 is 12.0 Å². The van der Waals surface area contributed by atoms with Crippen molar-refractivity contribution in [3.05, 3.63) is 155 Å². The van der Waals surface area contributed by atoms with E-state index in [4.69, 9.17) is 14.5 Å². The first-order valence-electron chi connectivity index (χ1n) is 15.6. The number of rotatable bonds is 9. The third-order valence-electron chi connectivity index (χ3n) is 8.11. The van der Waals surface area contributed by atoms with E-state index in [2.05, 4.69) is 10.6 Å². The first-order valence-corrected chi connectivity index (χ1v) is 17.3. The van der Waals surface area contributed by atoms with Crippen molar-refractivity contribution in [2.75, 3.05) is 13.2 Å². The maximum absolute atomic E-state index is 14.3. The van der Waals surface area contributed by atoms with Gasteiger partial charge in [-0.3, -0.25) is 9.36 Å². The Morgan fingerprint density at radius 1 is 0.875 bits per heavy atom. The van der Waals surface area contributed by atoms with E-state index in [0.29, 0.717) is 39.3 Å². The van der Waals surface area contributed by atoms with Crippen molar-refractivity contribution in [1.29, 1.82) is 0 Å². The molecule has 7 rings (SSSR count). The number of para-hydroxylation sites is 1. The van der Waals surface area contributed by atoms with Crippen LogP contribution < -0.4 is 14.9 Å². The van der Waals surface area contributed by atoms with Gasteiger partial charge in [0.25, 0.3) is 5.56 Å². The molecule has 0 aliphatic carbocycles. The lowest BCUT2D eigenvalue weighted by Crippen LogP contribution is -2.39. The SMILES string of the molecule is CCOC(=O)C1=C(c2ccccc2)N=c2s/c(=C\c3cn(Cc4ccc(C(=O)OCC)cc4)c4ccccc34)c(=O)n2[C@H]1c1cccs1. The molecule has 3 aromatic heterocycles. The van der Waals surface area contributed by atoms with E-state index in [9.17, 15) is 14.4 Å². The molecule has 6 aromatic rings. The van der Waals surface area contributed by atoms with Gasteiger partial charge < -0.3 is 14.0 Å². The fourth-order valence-corrected chi connectivity index (χ4v) is 7.79. The summed E-state index contributed by atoms with van der Waals surface area (Å²) in [6, 6.07) is 28.2. The molecule has 0 N–H and O–H groups in total. The fraction of sp³-hybridized carbons (Fsp3) is 0.158. The maximum Gasteiger partial charge on any atom is 0.338 e. The number of carbonyl (C=O) groups is 2. The molecule has 0 saturated heterocycles. The molecule has 48 heavy (non-hydrogen) atoms. The molecule has 1 aliphatic rings. The summed E-state index contributed by atoms with van der Waals surface area (Å²) in [7, 11) is 0. The number of hydrogen-bond acceptors (Lipinski definition) is 8. The third-order valence-corrected chi connectivity index (χ3v) is 10.0. The molecule has 8 nitrogen and oxygen atoms in total. The second-order valence-corrected chi connectivity index (χ2v) is 13.1. The van der Waals surface area contributed by atoms with Crippen LogP contribution in [0.5, 0.6) is 0 Å². The molecule has 0 saturated carbocycles. The van der Waals surface area contributed by atoms with E-state index in [0.717, 1.165) is 32.5 Å². The second kappa shape index (κ2) is 13.4. The molecule has 0 unspecified atom stereocenters. The molecule has 0 radical (unpaired) electrons. The summed E-state index contributed by atoms with van der Waals surface area (Å²) in [6.45, 7) is 4.65. The van der Waals surface area contributed by atoms with Crippen LogP contribution in [0, 0.1) is 0 Å². The molecule has 4 heterocycles. The molecule has 3 aromatic carbocycles. The van der Waals surface area contributed by atoms with Crippen LogP contribution in [0.25, 0.3) is 22.7 Å². The van der Waals surface area contributed by atoms with Crippen molar-refractivity contribution >= 4 is 57.3 Å². The van der Waals surface area contributed by atoms with Crippen LogP contribution in [-0.4, -0.2) is 34.3 Å². The molecule has 1 aliphatic heterocycles. The van der Waals surface area contributed by atoms with Gasteiger partial charge in [0.1, 0.15) is 6.04 Å². The summed E-state index contributed by atoms with van der Waals surface area (Å²) in [6.07, 6.45) is 3.95. The minimum absolute atomic E-state index is 0.200. The van der Waals surface area contributed by atoms with E-state index in [1.165, 1.54) is 22.7 Å². The number of nitrogens with zero attached hydrogens (tertiary/aromatic N) is 3. The third kappa shape index (κ3) is 5.85. The van der Waals surface area contributed by atoms with Crippen molar-refractivity contribution in [3.63, 3.8) is 0 Å². The first kappa shape index (κ1) is 31.3. The molecule has 10 heteroatoms. The monoisotopic (exact) mass is 673 g/mol. The lowest BCUT2D eigenvalue weighted by Gasteiger charge is -2.24. The number of fused-ring (bicyclic) bond motifs is 2. The number of benzene rings is 3. The van der Waals surface area contributed by atoms with Crippen molar-refractivity contribution in [2.24, 2.45) is 4.99 Å². The van der Waals surface area contributed by atoms with Gasteiger partial charge in [-0.15, -0.1) is 11.3 Å². The lowest BCUT2D eigenvalue weighted by molar-refractivity contribution is -0.138. The minimum Gasteiger partial charge on any atom is -0.463 e. The fourth-order valence-electron chi connectivity index (χ4n) is 5.98. The second-order valence-electron chi connectivity index (χ2n) is 11.1. The van der Waals surface area contributed by atoms with Gasteiger partial charge in [-0.05, 0) is 55.1 Å². The van der Waals surface area contributed by atoms with Gasteiger partial charge in [0.2, 0.25) is 0 Å². The van der Waals surface area contributed by atoms with Gasteiger partial charge in [-0.1, -0.05) is 78.1 Å². The van der Waals surface area contributed by atoms with Gasteiger partial charge >= 0.3 is 11.9 Å². The van der Waals surface area contributed by atoms with Gasteiger partial charge in [0.05, 0.1) is 34.6 Å². The molecule has 0 spiro atoms. The number of esters is 2. The molecule has 0 bridgehead atoms. The predicted octanol–water partition coefficient (Wildman–Crippen LogP) is 6.18. The van der Waals surface area contributed by atoms with E-state index >= 15 is 0 Å². The number of thiazole rings is 1. The van der Waals surface area contributed by atoms with Crippen molar-refractivity contribution in [2.45, 2.75) is 26.4 Å². The van der Waals surface area contributed by atoms with Crippen LogP contribution in [0.2, 0.25) is 0 Å². The summed E-state index contributed by atoms with van der Waals surface area (Å²) >= 11 is 2.79. The molecule has 240 valence electrons. The van der Waals surface area contributed by atoms with Crippen LogP contribution >= 0.6 is 22.7 Å². The number of ether oxygens (including phenoxy) is 2. The Morgan fingerprint density at radius 2 is 1.60 bits per heavy atom. The molecule has 0 amide bonds. The highest BCUT2D eigenvalue weighted by Gasteiger charge is 2.35. The van der Waals surface area contributed by atoms with Crippen molar-refractivity contribution in [1.82, 2.24) is 9.13 Å². The highest BCUT2D eigenvalue weighted by Crippen LogP contribution is 2.37. The van der Waals surface area contributed by atoms with Crippen LogP contribution in [0.15, 0.2) is 118 Å². The topological polar surface area (TPSA) is 91.9 Å². The van der Waals surface area contributed by atoms with Crippen LogP contribution in [0.4, 0.5) is 0 Å². The quantitative estimate of drug-likeness (QED) is 0.171. The number of carbonyl (C=O) groups excluding carboxylic acids is 2. The highest BCUT2D eigenvalue weighted by atomic mass is 32.1. The summed E-state index contributed by atoms with van der Waals surface area (Å²) in [5.41, 5.74) is 4.83. The summed E-state index contributed by atoms with van der Waals surface area (Å²) in [5, 5.41) is 2.94. The first-order chi connectivity index (χ1) is 23.5. The number of thiophene rings is 1. The van der Waals surface area contributed by atoms with Gasteiger partial charge in [0, 0.05) is 39.6 Å². The smallest absolute Gasteiger partial charge is 0.338 e. The zero-order valence-corrected chi connectivity index (χ0v) is 27.9. The van der Waals surface area contributed by atoms with Gasteiger partial charge in [-0.25, -0.2) is 14.6 Å². The van der Waals surface area contributed by atoms with Gasteiger partial charge in [-0.2, -0.15) is 0 Å². The zero-order valence-electron chi connectivity index (χ0n) is 26.3. The average molecular weight is 674 g/mol. The van der Waals surface area contributed by atoms with Crippen molar-refractivity contribution < 1.29 is 19.1 Å². The summed E-state index contributed by atoms with van der Waals surface area (Å²) in [4.78, 5) is 46.4. The largest absolute Gasteiger partial charge is 0.463 e. The average Bonchev–Trinajstić information content (AvgIpc) is 3.84. The van der Waals surface area contributed by atoms with E-state index in [-0.39, 0.29) is 18.1 Å². The summed E-state index contributed by atoms with van der Waals surface area (Å²) in [5.74, 6) is -0.836. The maximum atomic E-state index is 14.3. The Morgan fingerprint density at radius 3 is 2.33 bits per heavy atom. The molecule has 1 atom stereocenters. The van der Waals surface area contributed by atoms with Crippen LogP contribution in [0.1, 0.15) is 51.8 Å². The minimum atomic E-state index is -0.684. The molecular weight excluding hydrogens is 643 g/mol. The molecular formula is C38H31N3O5S2. The Labute approximate surface area is 284 Å². The number of aromatic nitrogens is 2. The van der Waals surface area contributed by atoms with E-state index in [1.54, 1.807) is 30.5 Å². The Balaban J connectivity index is 1.36. The predicted molar refractivity (Wildman–Crippen MR) is 189 cm³/mol. The highest BCUT2D eigenvalue weighted by molar-refractivity contribution is 7.10.